The molecule has 0 radical (unpaired) electrons. The lowest BCUT2D eigenvalue weighted by atomic mass is 10.1. The lowest BCUT2D eigenvalue weighted by Gasteiger charge is -2.33. The molecule has 0 aliphatic rings. The van der Waals surface area contributed by atoms with Crippen LogP contribution in [-0.2, 0) is 32.8 Å². The Morgan fingerprint density at radius 3 is 2.15 bits per heavy atom. The zero-order valence-corrected chi connectivity index (χ0v) is 24.6. The van der Waals surface area contributed by atoms with Crippen LogP contribution in [-0.4, -0.2) is 50.0 Å². The molecule has 8 nitrogen and oxygen atoms in total. The third-order valence-electron chi connectivity index (χ3n) is 6.30. The van der Waals surface area contributed by atoms with Crippen molar-refractivity contribution in [1.29, 1.82) is 0 Å². The molecule has 40 heavy (non-hydrogen) atoms. The molecule has 3 aromatic carbocycles. The molecular formula is C31H39N3O5S. The Morgan fingerprint density at radius 1 is 0.925 bits per heavy atom. The normalized spacial score (nSPS) is 12.1. The van der Waals surface area contributed by atoms with Crippen molar-refractivity contribution in [2.45, 2.75) is 59.4 Å². The molecule has 3 rings (SSSR count). The maximum Gasteiger partial charge on any atom is 0.244 e. The molecule has 0 aliphatic heterocycles. The van der Waals surface area contributed by atoms with E-state index >= 15 is 0 Å². The molecule has 214 valence electrons. The number of benzene rings is 3. The van der Waals surface area contributed by atoms with Gasteiger partial charge in [-0.25, -0.2) is 8.42 Å². The molecule has 1 unspecified atom stereocenters. The van der Waals surface area contributed by atoms with Crippen LogP contribution in [0.15, 0.2) is 78.9 Å². The number of hydrogen-bond acceptors (Lipinski definition) is 5. The van der Waals surface area contributed by atoms with Gasteiger partial charge in [0, 0.05) is 12.6 Å². The summed E-state index contributed by atoms with van der Waals surface area (Å²) in [6.45, 7) is 7.61. The summed E-state index contributed by atoms with van der Waals surface area (Å²) in [6, 6.07) is 23.1. The van der Waals surface area contributed by atoms with Crippen molar-refractivity contribution in [2.24, 2.45) is 0 Å². The topological polar surface area (TPSA) is 96.0 Å². The van der Waals surface area contributed by atoms with E-state index in [1.165, 1.54) is 4.90 Å². The molecule has 1 atom stereocenters. The summed E-state index contributed by atoms with van der Waals surface area (Å²) < 4.78 is 32.6. The minimum absolute atomic E-state index is 0.104. The first-order valence-corrected chi connectivity index (χ1v) is 15.2. The Bertz CT molecular complexity index is 1380. The van der Waals surface area contributed by atoms with Crippen LogP contribution in [0.3, 0.4) is 0 Å². The summed E-state index contributed by atoms with van der Waals surface area (Å²) in [5.74, 6) is -0.170. The SMILES string of the molecule is CCC(C(=O)NC(C)C)N(Cc1cccc(C)c1)C(=O)CN(c1ccc(OCc2ccccc2)cc1)S(C)(=O)=O. The zero-order chi connectivity index (χ0) is 29.3. The van der Waals surface area contributed by atoms with Gasteiger partial charge < -0.3 is 15.0 Å². The molecule has 9 heteroatoms. The van der Waals surface area contributed by atoms with Gasteiger partial charge in [0.15, 0.2) is 0 Å². The van der Waals surface area contributed by atoms with Crippen LogP contribution in [0.1, 0.15) is 43.9 Å². The van der Waals surface area contributed by atoms with E-state index < -0.39 is 28.5 Å². The molecule has 0 spiro atoms. The number of rotatable bonds is 13. The molecule has 3 aromatic rings. The Balaban J connectivity index is 1.85. The highest BCUT2D eigenvalue weighted by molar-refractivity contribution is 7.92. The first-order chi connectivity index (χ1) is 19.0. The molecule has 1 N–H and O–H groups in total. The first-order valence-electron chi connectivity index (χ1n) is 13.4. The lowest BCUT2D eigenvalue weighted by molar-refractivity contribution is -0.140. The van der Waals surface area contributed by atoms with Crippen molar-refractivity contribution in [3.8, 4) is 5.75 Å². The van der Waals surface area contributed by atoms with Gasteiger partial charge in [-0.1, -0.05) is 67.1 Å². The molecule has 2 amide bonds. The highest BCUT2D eigenvalue weighted by atomic mass is 32.2. The fourth-order valence-electron chi connectivity index (χ4n) is 4.37. The van der Waals surface area contributed by atoms with E-state index in [0.717, 1.165) is 27.3 Å². The van der Waals surface area contributed by atoms with E-state index in [9.17, 15) is 18.0 Å². The van der Waals surface area contributed by atoms with Crippen molar-refractivity contribution in [3.05, 3.63) is 95.6 Å². The number of aryl methyl sites for hydroxylation is 1. The minimum atomic E-state index is -3.82. The summed E-state index contributed by atoms with van der Waals surface area (Å²) >= 11 is 0. The number of carbonyl (C=O) groups excluding carboxylic acids is 2. The van der Waals surface area contributed by atoms with Crippen molar-refractivity contribution in [3.63, 3.8) is 0 Å². The Labute approximate surface area is 238 Å². The van der Waals surface area contributed by atoms with E-state index in [-0.39, 0.29) is 18.5 Å². The smallest absolute Gasteiger partial charge is 0.244 e. The van der Waals surface area contributed by atoms with Crippen LogP contribution in [0.4, 0.5) is 5.69 Å². The number of hydrogen-bond donors (Lipinski definition) is 1. The zero-order valence-electron chi connectivity index (χ0n) is 23.8. The van der Waals surface area contributed by atoms with E-state index in [0.29, 0.717) is 24.5 Å². The molecule has 0 saturated carbocycles. The molecular weight excluding hydrogens is 526 g/mol. The standard InChI is InChI=1S/C31H39N3O5S/c1-6-29(31(36)32-23(2)3)33(20-26-14-10-11-24(4)19-26)30(35)21-34(40(5,37)38)27-15-17-28(18-16-27)39-22-25-12-8-7-9-13-25/h7-19,23,29H,6,20-22H2,1-5H3,(H,32,36). The average Bonchev–Trinajstić information content (AvgIpc) is 2.90. The van der Waals surface area contributed by atoms with Gasteiger partial charge in [-0.2, -0.15) is 0 Å². The fraction of sp³-hybridized carbons (Fsp3) is 0.355. The molecule has 0 saturated heterocycles. The summed E-state index contributed by atoms with van der Waals surface area (Å²) in [5, 5.41) is 2.89. The van der Waals surface area contributed by atoms with Gasteiger partial charge in [-0.3, -0.25) is 13.9 Å². The largest absolute Gasteiger partial charge is 0.489 e. The molecule has 0 heterocycles. The summed E-state index contributed by atoms with van der Waals surface area (Å²) in [7, 11) is -3.82. The van der Waals surface area contributed by atoms with E-state index in [2.05, 4.69) is 5.32 Å². The highest BCUT2D eigenvalue weighted by Crippen LogP contribution is 2.23. The number of sulfonamides is 1. The van der Waals surface area contributed by atoms with Crippen LogP contribution in [0.25, 0.3) is 0 Å². The third-order valence-corrected chi connectivity index (χ3v) is 7.45. The summed E-state index contributed by atoms with van der Waals surface area (Å²) in [6.07, 6.45) is 1.44. The quantitative estimate of drug-likeness (QED) is 0.325. The van der Waals surface area contributed by atoms with Crippen LogP contribution >= 0.6 is 0 Å². The number of amides is 2. The second-order valence-corrected chi connectivity index (χ2v) is 12.0. The minimum Gasteiger partial charge on any atom is -0.489 e. The Kier molecular flexibility index (Phi) is 10.7. The van der Waals surface area contributed by atoms with Gasteiger partial charge in [-0.05, 0) is 62.6 Å². The van der Waals surface area contributed by atoms with Crippen molar-refractivity contribution in [1.82, 2.24) is 10.2 Å². The van der Waals surface area contributed by atoms with Gasteiger partial charge in [0.05, 0.1) is 11.9 Å². The average molecular weight is 566 g/mol. The number of anilines is 1. The molecule has 0 aromatic heterocycles. The Hall–Kier alpha value is -3.85. The van der Waals surface area contributed by atoms with Crippen LogP contribution in [0.5, 0.6) is 5.75 Å². The molecule has 0 fully saturated rings. The van der Waals surface area contributed by atoms with Gasteiger partial charge in [0.25, 0.3) is 0 Å². The maximum atomic E-state index is 13.8. The monoisotopic (exact) mass is 565 g/mol. The number of nitrogens with zero attached hydrogens (tertiary/aromatic N) is 2. The van der Waals surface area contributed by atoms with Gasteiger partial charge >= 0.3 is 0 Å². The van der Waals surface area contributed by atoms with E-state index in [4.69, 9.17) is 4.74 Å². The predicted molar refractivity (Wildman–Crippen MR) is 158 cm³/mol. The van der Waals surface area contributed by atoms with Crippen LogP contribution in [0.2, 0.25) is 0 Å². The Morgan fingerprint density at radius 2 is 1.57 bits per heavy atom. The van der Waals surface area contributed by atoms with Gasteiger partial charge in [0.1, 0.15) is 24.9 Å². The molecule has 0 bridgehead atoms. The van der Waals surface area contributed by atoms with Crippen molar-refractivity contribution in [2.75, 3.05) is 17.1 Å². The maximum absolute atomic E-state index is 13.8. The summed E-state index contributed by atoms with van der Waals surface area (Å²) in [5.41, 5.74) is 3.22. The number of ether oxygens (including phenoxy) is 1. The van der Waals surface area contributed by atoms with Crippen LogP contribution < -0.4 is 14.4 Å². The third kappa shape index (κ3) is 8.84. The number of carbonyl (C=O) groups is 2. The fourth-order valence-corrected chi connectivity index (χ4v) is 5.22. The second-order valence-electron chi connectivity index (χ2n) is 10.1. The second kappa shape index (κ2) is 14.0. The van der Waals surface area contributed by atoms with E-state index in [1.807, 2.05) is 82.3 Å². The predicted octanol–water partition coefficient (Wildman–Crippen LogP) is 4.67. The van der Waals surface area contributed by atoms with Crippen LogP contribution in [0, 0.1) is 6.92 Å². The van der Waals surface area contributed by atoms with Crippen molar-refractivity contribution < 1.29 is 22.7 Å². The number of nitrogens with one attached hydrogen (secondary N) is 1. The summed E-state index contributed by atoms with van der Waals surface area (Å²) in [4.78, 5) is 28.4. The van der Waals surface area contributed by atoms with E-state index in [1.54, 1.807) is 24.3 Å². The van der Waals surface area contributed by atoms with Crippen molar-refractivity contribution >= 4 is 27.5 Å². The van der Waals surface area contributed by atoms with Gasteiger partial charge in [0.2, 0.25) is 21.8 Å². The molecule has 0 aliphatic carbocycles. The van der Waals surface area contributed by atoms with Gasteiger partial charge in [-0.15, -0.1) is 0 Å². The first kappa shape index (κ1) is 30.7. The highest BCUT2D eigenvalue weighted by Gasteiger charge is 2.32. The lowest BCUT2D eigenvalue weighted by Crippen LogP contribution is -2.53.